The lowest BCUT2D eigenvalue weighted by Crippen LogP contribution is -2.22. The number of aliphatic carboxylic acids is 1. The van der Waals surface area contributed by atoms with Crippen molar-refractivity contribution in [2.45, 2.75) is 46.1 Å². The molecule has 0 aromatic rings. The number of amides is 1. The molecule has 15 heavy (non-hydrogen) atoms. The Morgan fingerprint density at radius 2 is 1.80 bits per heavy atom. The minimum absolute atomic E-state index is 0.0296. The van der Waals surface area contributed by atoms with Crippen LogP contribution in [0.3, 0.4) is 0 Å². The van der Waals surface area contributed by atoms with Gasteiger partial charge in [0.15, 0.2) is 0 Å². The maximum Gasteiger partial charge on any atom is 0.434 e. The predicted molar refractivity (Wildman–Crippen MR) is 56.2 cm³/mol. The second-order valence-corrected chi connectivity index (χ2v) is 4.22. The van der Waals surface area contributed by atoms with Crippen LogP contribution in [0.2, 0.25) is 0 Å². The summed E-state index contributed by atoms with van der Waals surface area (Å²) in [6, 6.07) is 0. The summed E-state index contributed by atoms with van der Waals surface area (Å²) in [6.07, 6.45) is -0.447. The van der Waals surface area contributed by atoms with E-state index < -0.39 is 17.7 Å². The zero-order valence-electron chi connectivity index (χ0n) is 9.53. The van der Waals surface area contributed by atoms with Gasteiger partial charge in [-0.05, 0) is 34.1 Å². The Morgan fingerprint density at radius 1 is 1.27 bits per heavy atom. The minimum Gasteiger partial charge on any atom is -0.481 e. The lowest BCUT2D eigenvalue weighted by molar-refractivity contribution is -0.136. The van der Waals surface area contributed by atoms with Crippen molar-refractivity contribution in [2.75, 3.05) is 0 Å². The summed E-state index contributed by atoms with van der Waals surface area (Å²) in [5.74, 6) is -0.909. The van der Waals surface area contributed by atoms with Crippen LogP contribution in [0.25, 0.3) is 0 Å². The topological polar surface area (TPSA) is 76.0 Å². The lowest BCUT2D eigenvalue weighted by atomic mass is 10.2. The van der Waals surface area contributed by atoms with Crippen molar-refractivity contribution < 1.29 is 19.4 Å². The molecule has 1 N–H and O–H groups in total. The molecule has 0 spiro atoms. The number of carboxylic acid groups (broad SMARTS) is 1. The van der Waals surface area contributed by atoms with Crippen LogP contribution in [0.15, 0.2) is 4.99 Å². The van der Waals surface area contributed by atoms with Gasteiger partial charge in [0.25, 0.3) is 0 Å². The Labute approximate surface area is 89.1 Å². The molecule has 0 radical (unpaired) electrons. The molecular weight excluding hydrogens is 198 g/mol. The molecule has 0 fully saturated rings. The lowest BCUT2D eigenvalue weighted by Gasteiger charge is -2.17. The quantitative estimate of drug-likeness (QED) is 0.732. The largest absolute Gasteiger partial charge is 0.481 e. The molecule has 86 valence electrons. The van der Waals surface area contributed by atoms with Crippen molar-refractivity contribution in [3.63, 3.8) is 0 Å². The zero-order chi connectivity index (χ0) is 12.1. The summed E-state index contributed by atoms with van der Waals surface area (Å²) in [5.41, 5.74) is -0.111. The average Bonchev–Trinajstić information content (AvgIpc) is 1.96. The normalized spacial score (nSPS) is 12.4. The highest BCUT2D eigenvalue weighted by molar-refractivity contribution is 5.93. The monoisotopic (exact) mass is 215 g/mol. The van der Waals surface area contributed by atoms with Gasteiger partial charge in [0, 0.05) is 5.71 Å². The van der Waals surface area contributed by atoms with Crippen molar-refractivity contribution in [1.29, 1.82) is 0 Å². The number of rotatable bonds is 3. The zero-order valence-corrected chi connectivity index (χ0v) is 9.53. The first kappa shape index (κ1) is 13.6. The molecule has 0 aliphatic rings. The second kappa shape index (κ2) is 5.48. The van der Waals surface area contributed by atoms with Crippen molar-refractivity contribution in [3.8, 4) is 0 Å². The maximum atomic E-state index is 11.2. The number of nitrogens with zero attached hydrogens (tertiary/aromatic N) is 1. The molecule has 0 saturated heterocycles. The predicted octanol–water partition coefficient (Wildman–Crippen LogP) is 2.25. The van der Waals surface area contributed by atoms with Gasteiger partial charge in [0.2, 0.25) is 0 Å². The highest BCUT2D eigenvalue weighted by Gasteiger charge is 2.15. The molecule has 0 aliphatic heterocycles. The van der Waals surface area contributed by atoms with E-state index in [4.69, 9.17) is 9.84 Å². The number of carbonyl (C=O) groups excluding carboxylic acids is 1. The molecule has 0 aromatic heterocycles. The third-order valence-electron chi connectivity index (χ3n) is 1.38. The van der Waals surface area contributed by atoms with Crippen molar-refractivity contribution in [1.82, 2.24) is 0 Å². The van der Waals surface area contributed by atoms with E-state index in [0.717, 1.165) is 0 Å². The summed E-state index contributed by atoms with van der Waals surface area (Å²) in [4.78, 5) is 25.0. The standard InChI is InChI=1S/C10H17NO4/c1-7(5-6-8(12)13)11-9(14)15-10(2,3)4/h5-6H2,1-4H3,(H,12,13). The number of hydrogen-bond donors (Lipinski definition) is 1. The van der Waals surface area contributed by atoms with Crippen LogP contribution in [0.4, 0.5) is 4.79 Å². The molecule has 5 nitrogen and oxygen atoms in total. The third-order valence-corrected chi connectivity index (χ3v) is 1.38. The fourth-order valence-corrected chi connectivity index (χ4v) is 0.784. The molecular formula is C10H17NO4. The smallest absolute Gasteiger partial charge is 0.434 e. The van der Waals surface area contributed by atoms with Crippen LogP contribution >= 0.6 is 0 Å². The Hall–Kier alpha value is -1.39. The minimum atomic E-state index is -0.909. The fourth-order valence-electron chi connectivity index (χ4n) is 0.784. The molecule has 0 unspecified atom stereocenters. The van der Waals surface area contributed by atoms with Gasteiger partial charge in [-0.2, -0.15) is 4.99 Å². The van der Waals surface area contributed by atoms with E-state index in [9.17, 15) is 9.59 Å². The molecule has 0 aliphatic carbocycles. The van der Waals surface area contributed by atoms with Crippen molar-refractivity contribution in [2.24, 2.45) is 4.99 Å². The van der Waals surface area contributed by atoms with Gasteiger partial charge < -0.3 is 9.84 Å². The Bertz CT molecular complexity index is 276. The van der Waals surface area contributed by atoms with E-state index in [1.165, 1.54) is 0 Å². The van der Waals surface area contributed by atoms with Gasteiger partial charge >= 0.3 is 12.1 Å². The second-order valence-electron chi connectivity index (χ2n) is 4.22. The number of ether oxygens (including phenoxy) is 1. The summed E-state index contributed by atoms with van der Waals surface area (Å²) in [7, 11) is 0. The van der Waals surface area contributed by atoms with E-state index in [2.05, 4.69) is 4.99 Å². The SMILES string of the molecule is CC(CCC(=O)O)=NC(=O)OC(C)(C)C. The van der Waals surface area contributed by atoms with Crippen LogP contribution in [0.5, 0.6) is 0 Å². The van der Waals surface area contributed by atoms with Gasteiger partial charge in [-0.1, -0.05) is 0 Å². The first-order chi connectivity index (χ1) is 6.70. The summed E-state index contributed by atoms with van der Waals surface area (Å²) < 4.78 is 4.94. The van der Waals surface area contributed by atoms with E-state index in [0.29, 0.717) is 5.71 Å². The number of hydrogen-bond acceptors (Lipinski definition) is 3. The Morgan fingerprint density at radius 3 is 2.20 bits per heavy atom. The molecule has 0 saturated carbocycles. The maximum absolute atomic E-state index is 11.2. The molecule has 0 bridgehead atoms. The first-order valence-electron chi connectivity index (χ1n) is 4.69. The van der Waals surface area contributed by atoms with Crippen LogP contribution in [-0.4, -0.2) is 28.5 Å². The van der Waals surface area contributed by atoms with Gasteiger partial charge in [-0.3, -0.25) is 4.79 Å². The molecule has 0 aromatic carbocycles. The number of carbonyl (C=O) groups is 2. The van der Waals surface area contributed by atoms with E-state index in [-0.39, 0.29) is 12.8 Å². The van der Waals surface area contributed by atoms with Gasteiger partial charge in [-0.25, -0.2) is 4.79 Å². The summed E-state index contributed by atoms with van der Waals surface area (Å²) >= 11 is 0. The van der Waals surface area contributed by atoms with E-state index in [1.54, 1.807) is 27.7 Å². The van der Waals surface area contributed by atoms with Crippen molar-refractivity contribution in [3.05, 3.63) is 0 Å². The van der Waals surface area contributed by atoms with Crippen molar-refractivity contribution >= 4 is 17.8 Å². The molecule has 5 heteroatoms. The fraction of sp³-hybridized carbons (Fsp3) is 0.700. The van der Waals surface area contributed by atoms with Crippen LogP contribution in [0, 0.1) is 0 Å². The van der Waals surface area contributed by atoms with Crippen LogP contribution in [-0.2, 0) is 9.53 Å². The van der Waals surface area contributed by atoms with E-state index in [1.807, 2.05) is 0 Å². The Balaban J connectivity index is 4.12. The third kappa shape index (κ3) is 8.93. The summed E-state index contributed by atoms with van der Waals surface area (Å²) in [6.45, 7) is 6.83. The van der Waals surface area contributed by atoms with Crippen LogP contribution < -0.4 is 0 Å². The van der Waals surface area contributed by atoms with Gasteiger partial charge in [0.05, 0.1) is 6.42 Å². The molecule has 1 amide bonds. The van der Waals surface area contributed by atoms with Crippen LogP contribution in [0.1, 0.15) is 40.5 Å². The molecule has 0 atom stereocenters. The summed E-state index contributed by atoms with van der Waals surface area (Å²) in [5, 5.41) is 8.41. The number of carboxylic acids is 1. The highest BCUT2D eigenvalue weighted by Crippen LogP contribution is 2.08. The Kier molecular flexibility index (Phi) is 4.97. The molecule has 0 heterocycles. The number of aliphatic imine (C=N–C) groups is 1. The van der Waals surface area contributed by atoms with Gasteiger partial charge in [-0.15, -0.1) is 0 Å². The molecule has 0 rings (SSSR count). The van der Waals surface area contributed by atoms with Gasteiger partial charge in [0.1, 0.15) is 5.60 Å². The van der Waals surface area contributed by atoms with E-state index >= 15 is 0 Å². The first-order valence-corrected chi connectivity index (χ1v) is 4.69. The highest BCUT2D eigenvalue weighted by atomic mass is 16.6. The average molecular weight is 215 g/mol.